The van der Waals surface area contributed by atoms with E-state index in [2.05, 4.69) is 161 Å². The molecule has 0 amide bonds. The Labute approximate surface area is 443 Å². The van der Waals surface area contributed by atoms with Crippen LogP contribution >= 0.6 is 0 Å². The molecule has 0 spiro atoms. The van der Waals surface area contributed by atoms with Gasteiger partial charge in [0.2, 0.25) is 0 Å². The van der Waals surface area contributed by atoms with Crippen LogP contribution in [0, 0.1) is 0 Å². The van der Waals surface area contributed by atoms with Gasteiger partial charge in [-0.3, -0.25) is 39.9 Å². The molecule has 0 saturated heterocycles. The molecule has 8 aromatic heterocycles. The van der Waals surface area contributed by atoms with E-state index in [1.165, 1.54) is 22.3 Å². The van der Waals surface area contributed by atoms with Gasteiger partial charge >= 0.3 is 0 Å². The first-order chi connectivity index (χ1) is 37.7. The SMILES string of the molecule is C(=Cc1cc(C=Cc2ccncc2)c(C2C(c3ccncc3)C(c3cc(C=Cc4ccncc4)c(C=Cc4ccncc4)cc3C=Cc3ccncc3)C2c2ccncc2)cc1C=Cc1ccncc1)c1ccncc1. The Morgan fingerprint density at radius 2 is 0.395 bits per heavy atom. The maximum absolute atomic E-state index is 4.58. The lowest BCUT2D eigenvalue weighted by Crippen LogP contribution is -2.41. The number of pyridine rings is 8. The third-order valence-electron chi connectivity index (χ3n) is 14.0. The summed E-state index contributed by atoms with van der Waals surface area (Å²) in [6.45, 7) is 0. The van der Waals surface area contributed by atoms with Crippen molar-refractivity contribution in [1.82, 2.24) is 39.9 Å². The van der Waals surface area contributed by atoms with E-state index in [1.54, 1.807) is 0 Å². The van der Waals surface area contributed by atoms with Crippen LogP contribution < -0.4 is 0 Å². The summed E-state index contributed by atoms with van der Waals surface area (Å²) in [5.41, 5.74) is 17.9. The van der Waals surface area contributed by atoms with E-state index in [0.29, 0.717) is 0 Å². The molecule has 0 radical (unpaired) electrons. The first-order valence-corrected chi connectivity index (χ1v) is 25.3. The molecular formula is C68H52N8. The Morgan fingerprint density at radius 1 is 0.197 bits per heavy atom. The molecule has 8 nitrogen and oxygen atoms in total. The molecule has 0 N–H and O–H groups in total. The summed E-state index contributed by atoms with van der Waals surface area (Å²) in [6.07, 6.45) is 56.3. The second-order valence-electron chi connectivity index (χ2n) is 18.6. The van der Waals surface area contributed by atoms with Crippen LogP contribution in [0.1, 0.15) is 113 Å². The number of hydrogen-bond donors (Lipinski definition) is 0. The standard InChI is InChI=1S/C68H52N8/c1(49-13-29-69-30-14-49)7-57-45-61(11-5-53-21-37-73-38-22-53)63(47-59(57)9-3-51-17-33-71-34-18-51)67-65(55-25-41-75-42-26-55)68(66(67)56-27-43-76-44-28-56)64-48-60(10-4-52-19-35-72-36-20-52)58(8-2-50-15-31-70-32-16-50)46-62(64)12-6-54-23-39-74-40-24-54/h1-48,65-68H. The van der Waals surface area contributed by atoms with Crippen LogP contribution in [0.15, 0.2) is 220 Å². The van der Waals surface area contributed by atoms with Gasteiger partial charge in [0.25, 0.3) is 0 Å². The minimum absolute atomic E-state index is 0.00251. The van der Waals surface area contributed by atoms with E-state index in [9.17, 15) is 0 Å². The maximum atomic E-state index is 4.58. The van der Waals surface area contributed by atoms with Crippen LogP contribution in [-0.4, -0.2) is 39.9 Å². The average Bonchev–Trinajstić information content (AvgIpc) is 3.52. The molecule has 0 atom stereocenters. The Kier molecular flexibility index (Phi) is 15.1. The smallest absolute Gasteiger partial charge is 0.0273 e. The predicted octanol–water partition coefficient (Wildman–Crippen LogP) is 15.3. The predicted molar refractivity (Wildman–Crippen MR) is 311 cm³/mol. The summed E-state index contributed by atoms with van der Waals surface area (Å²) in [6, 6.07) is 42.8. The van der Waals surface area contributed by atoms with Crippen molar-refractivity contribution in [3.05, 3.63) is 309 Å². The van der Waals surface area contributed by atoms with Crippen molar-refractivity contribution in [3.63, 3.8) is 0 Å². The lowest BCUT2D eigenvalue weighted by molar-refractivity contribution is 0.228. The Balaban J connectivity index is 1.16. The molecule has 76 heavy (non-hydrogen) atoms. The summed E-state index contributed by atoms with van der Waals surface area (Å²) in [4.78, 5) is 35.0. The zero-order valence-electron chi connectivity index (χ0n) is 41.6. The van der Waals surface area contributed by atoms with E-state index < -0.39 is 0 Å². The number of rotatable bonds is 16. The molecule has 1 fully saturated rings. The zero-order valence-corrected chi connectivity index (χ0v) is 41.6. The van der Waals surface area contributed by atoms with E-state index in [1.807, 2.05) is 172 Å². The Hall–Kier alpha value is -9.92. The van der Waals surface area contributed by atoms with Gasteiger partial charge in [0.15, 0.2) is 0 Å². The monoisotopic (exact) mass is 980 g/mol. The van der Waals surface area contributed by atoms with Gasteiger partial charge in [-0.1, -0.05) is 85.0 Å². The van der Waals surface area contributed by atoms with Gasteiger partial charge in [-0.2, -0.15) is 0 Å². The van der Waals surface area contributed by atoms with Crippen molar-refractivity contribution in [1.29, 1.82) is 0 Å². The highest BCUT2D eigenvalue weighted by molar-refractivity contribution is 5.85. The lowest BCUT2D eigenvalue weighted by Gasteiger charge is -2.54. The van der Waals surface area contributed by atoms with Gasteiger partial charge in [-0.05, 0) is 222 Å². The van der Waals surface area contributed by atoms with Crippen LogP contribution in [0.2, 0.25) is 0 Å². The Bertz CT molecular complexity index is 3430. The lowest BCUT2D eigenvalue weighted by atomic mass is 9.48. The molecule has 364 valence electrons. The second-order valence-corrected chi connectivity index (χ2v) is 18.6. The summed E-state index contributed by atoms with van der Waals surface area (Å²) in [5, 5.41) is 0. The summed E-state index contributed by atoms with van der Waals surface area (Å²) in [7, 11) is 0. The normalized spacial score (nSPS) is 16.6. The number of nitrogens with zero attached hydrogens (tertiary/aromatic N) is 8. The zero-order chi connectivity index (χ0) is 51.1. The third kappa shape index (κ3) is 11.6. The summed E-state index contributed by atoms with van der Waals surface area (Å²) >= 11 is 0. The van der Waals surface area contributed by atoms with Crippen molar-refractivity contribution in [2.24, 2.45) is 0 Å². The van der Waals surface area contributed by atoms with Crippen molar-refractivity contribution in [2.45, 2.75) is 23.7 Å². The highest BCUT2D eigenvalue weighted by atomic mass is 14.7. The molecule has 0 unspecified atom stereocenters. The number of hydrogen-bond acceptors (Lipinski definition) is 8. The molecule has 1 saturated carbocycles. The molecule has 1 aliphatic rings. The molecule has 11 rings (SSSR count). The van der Waals surface area contributed by atoms with Crippen molar-refractivity contribution >= 4 is 72.9 Å². The number of benzene rings is 2. The van der Waals surface area contributed by atoms with Gasteiger partial charge in [-0.15, -0.1) is 0 Å². The van der Waals surface area contributed by atoms with E-state index in [4.69, 9.17) is 0 Å². The fourth-order valence-corrected chi connectivity index (χ4v) is 10.3. The van der Waals surface area contributed by atoms with Gasteiger partial charge in [0, 0.05) is 99.1 Å². The van der Waals surface area contributed by atoms with Gasteiger partial charge in [-0.25, -0.2) is 0 Å². The van der Waals surface area contributed by atoms with Gasteiger partial charge < -0.3 is 0 Å². The van der Waals surface area contributed by atoms with Crippen LogP contribution in [0.25, 0.3) is 72.9 Å². The third-order valence-corrected chi connectivity index (χ3v) is 14.0. The minimum atomic E-state index is -0.00251. The molecular weight excluding hydrogens is 929 g/mol. The second kappa shape index (κ2) is 23.7. The molecule has 8 heteroatoms. The van der Waals surface area contributed by atoms with Crippen LogP contribution in [-0.2, 0) is 0 Å². The van der Waals surface area contributed by atoms with E-state index in [0.717, 1.165) is 66.8 Å². The van der Waals surface area contributed by atoms with E-state index >= 15 is 0 Å². The average molecular weight is 981 g/mol. The molecule has 2 aromatic carbocycles. The fourth-order valence-electron chi connectivity index (χ4n) is 10.3. The number of aromatic nitrogens is 8. The first kappa shape index (κ1) is 48.4. The largest absolute Gasteiger partial charge is 0.265 e. The van der Waals surface area contributed by atoms with Crippen molar-refractivity contribution in [3.8, 4) is 0 Å². The van der Waals surface area contributed by atoms with Crippen LogP contribution in [0.5, 0.6) is 0 Å². The minimum Gasteiger partial charge on any atom is -0.265 e. The summed E-state index contributed by atoms with van der Waals surface area (Å²) < 4.78 is 0. The molecule has 8 heterocycles. The Morgan fingerprint density at radius 3 is 0.632 bits per heavy atom. The first-order valence-electron chi connectivity index (χ1n) is 25.3. The molecule has 0 bridgehead atoms. The molecule has 0 aliphatic heterocycles. The highest BCUT2D eigenvalue weighted by Crippen LogP contribution is 2.67. The van der Waals surface area contributed by atoms with Crippen LogP contribution in [0.3, 0.4) is 0 Å². The quantitative estimate of drug-likeness (QED) is 0.0943. The topological polar surface area (TPSA) is 103 Å². The molecule has 10 aromatic rings. The highest BCUT2D eigenvalue weighted by Gasteiger charge is 2.54. The fraction of sp³-hybridized carbons (Fsp3) is 0.0588. The van der Waals surface area contributed by atoms with E-state index in [-0.39, 0.29) is 23.7 Å². The molecule has 1 aliphatic carbocycles. The van der Waals surface area contributed by atoms with Crippen molar-refractivity contribution in [2.75, 3.05) is 0 Å². The van der Waals surface area contributed by atoms with Crippen LogP contribution in [0.4, 0.5) is 0 Å². The van der Waals surface area contributed by atoms with Gasteiger partial charge in [0.05, 0.1) is 0 Å². The maximum Gasteiger partial charge on any atom is 0.0273 e. The summed E-state index contributed by atoms with van der Waals surface area (Å²) in [5.74, 6) is 0.00942. The van der Waals surface area contributed by atoms with Crippen molar-refractivity contribution < 1.29 is 0 Å². The van der Waals surface area contributed by atoms with Gasteiger partial charge in [0.1, 0.15) is 0 Å².